The molecule has 0 amide bonds. The summed E-state index contributed by atoms with van der Waals surface area (Å²) in [7, 11) is 2.29. The predicted octanol–water partition coefficient (Wildman–Crippen LogP) is 3.09. The first-order valence-corrected chi connectivity index (χ1v) is 12.0. The summed E-state index contributed by atoms with van der Waals surface area (Å²) in [6.07, 6.45) is 13.0. The smallest absolute Gasteiger partial charge is 0.157 e. The highest BCUT2D eigenvalue weighted by Gasteiger charge is 2.35. The quantitative estimate of drug-likeness (QED) is 0.507. The SMILES string of the molecule is CN1CCCC2CC(OCCCCCCCO[C@@H]3CC(O)O[C@H](CO)C3)CCC21. The summed E-state index contributed by atoms with van der Waals surface area (Å²) >= 11 is 0. The maximum absolute atomic E-state index is 9.64. The minimum Gasteiger partial charge on any atom is -0.394 e. The molecule has 0 radical (unpaired) electrons. The van der Waals surface area contributed by atoms with Gasteiger partial charge in [-0.15, -0.1) is 0 Å². The minimum absolute atomic E-state index is 0.00310. The molecule has 1 saturated carbocycles. The average Bonchev–Trinajstić information content (AvgIpc) is 2.72. The van der Waals surface area contributed by atoms with Crippen LogP contribution in [0, 0.1) is 5.92 Å². The third-order valence-electron chi connectivity index (χ3n) is 7.09. The van der Waals surface area contributed by atoms with Gasteiger partial charge in [0.15, 0.2) is 6.29 Å². The third kappa shape index (κ3) is 7.75. The first-order valence-electron chi connectivity index (χ1n) is 12.0. The van der Waals surface area contributed by atoms with Crippen LogP contribution in [0.1, 0.15) is 77.0 Å². The van der Waals surface area contributed by atoms with Crippen molar-refractivity contribution in [2.45, 2.75) is 108 Å². The number of likely N-dealkylation sites (tertiary alicyclic amines) is 1. The van der Waals surface area contributed by atoms with Crippen molar-refractivity contribution in [3.05, 3.63) is 0 Å². The molecule has 4 unspecified atom stereocenters. The average molecular weight is 414 g/mol. The summed E-state index contributed by atoms with van der Waals surface area (Å²) in [5.41, 5.74) is 0. The van der Waals surface area contributed by atoms with Gasteiger partial charge in [0.25, 0.3) is 0 Å². The zero-order valence-electron chi connectivity index (χ0n) is 18.3. The van der Waals surface area contributed by atoms with Crippen LogP contribution in [0.15, 0.2) is 0 Å². The Morgan fingerprint density at radius 3 is 2.38 bits per heavy atom. The molecule has 6 atom stereocenters. The van der Waals surface area contributed by atoms with E-state index in [4.69, 9.17) is 14.2 Å². The number of ether oxygens (including phenoxy) is 3. The number of aliphatic hydroxyl groups is 2. The number of hydrogen-bond donors (Lipinski definition) is 2. The number of rotatable bonds is 11. The maximum atomic E-state index is 9.64. The van der Waals surface area contributed by atoms with E-state index in [-0.39, 0.29) is 18.8 Å². The van der Waals surface area contributed by atoms with E-state index in [9.17, 15) is 10.2 Å². The zero-order valence-corrected chi connectivity index (χ0v) is 18.3. The van der Waals surface area contributed by atoms with Crippen LogP contribution in [0.25, 0.3) is 0 Å². The van der Waals surface area contributed by atoms with Crippen molar-refractivity contribution in [1.82, 2.24) is 4.90 Å². The first kappa shape index (κ1) is 23.4. The standard InChI is InChI=1S/C23H43NO5/c1-24-11-7-8-18-14-19(9-10-22(18)24)27-12-5-3-2-4-6-13-28-20-15-21(17-25)29-23(26)16-20/h18-23,25-26H,2-17H2,1H3/t18?,19?,20-,21-,22?,23?/m0/s1. The predicted molar refractivity (Wildman–Crippen MR) is 113 cm³/mol. The van der Waals surface area contributed by atoms with E-state index in [1.165, 1.54) is 57.9 Å². The van der Waals surface area contributed by atoms with Crippen molar-refractivity contribution < 1.29 is 24.4 Å². The molecule has 3 fully saturated rings. The fourth-order valence-corrected chi connectivity index (χ4v) is 5.45. The second-order valence-electron chi connectivity index (χ2n) is 9.38. The van der Waals surface area contributed by atoms with Crippen LogP contribution >= 0.6 is 0 Å². The lowest BCUT2D eigenvalue weighted by Crippen LogP contribution is -2.47. The molecule has 6 heteroatoms. The first-order chi connectivity index (χ1) is 14.2. The highest BCUT2D eigenvalue weighted by atomic mass is 16.6. The maximum Gasteiger partial charge on any atom is 0.157 e. The van der Waals surface area contributed by atoms with Crippen molar-refractivity contribution >= 4 is 0 Å². The van der Waals surface area contributed by atoms with Gasteiger partial charge in [0.2, 0.25) is 0 Å². The summed E-state index contributed by atoms with van der Waals surface area (Å²) in [5, 5.41) is 18.8. The van der Waals surface area contributed by atoms with Crippen molar-refractivity contribution in [3.63, 3.8) is 0 Å². The summed E-state index contributed by atoms with van der Waals surface area (Å²) in [6.45, 7) is 2.86. The lowest BCUT2D eigenvalue weighted by atomic mass is 9.77. The Labute approximate surface area is 176 Å². The fraction of sp³-hybridized carbons (Fsp3) is 1.00. The number of hydrogen-bond acceptors (Lipinski definition) is 6. The highest BCUT2D eigenvalue weighted by molar-refractivity contribution is 4.89. The van der Waals surface area contributed by atoms with Gasteiger partial charge < -0.3 is 29.3 Å². The van der Waals surface area contributed by atoms with Crippen molar-refractivity contribution in [1.29, 1.82) is 0 Å². The van der Waals surface area contributed by atoms with Gasteiger partial charge in [-0.2, -0.15) is 0 Å². The summed E-state index contributed by atoms with van der Waals surface area (Å²) < 4.78 is 17.3. The summed E-state index contributed by atoms with van der Waals surface area (Å²) in [5.74, 6) is 0.858. The molecular weight excluding hydrogens is 370 g/mol. The normalized spacial score (nSPS) is 36.1. The Balaban J connectivity index is 1.14. The van der Waals surface area contributed by atoms with Crippen LogP contribution in [0.4, 0.5) is 0 Å². The van der Waals surface area contributed by atoms with Crippen LogP contribution < -0.4 is 0 Å². The van der Waals surface area contributed by atoms with Gasteiger partial charge in [0.05, 0.1) is 24.9 Å². The van der Waals surface area contributed by atoms with Crippen LogP contribution in [0.2, 0.25) is 0 Å². The second-order valence-corrected chi connectivity index (χ2v) is 9.38. The molecular formula is C23H43NO5. The molecule has 0 spiro atoms. The minimum atomic E-state index is -0.806. The van der Waals surface area contributed by atoms with Crippen LogP contribution in [-0.2, 0) is 14.2 Å². The van der Waals surface area contributed by atoms with E-state index in [1.54, 1.807) is 0 Å². The molecule has 2 saturated heterocycles. The Morgan fingerprint density at radius 1 is 0.897 bits per heavy atom. The Kier molecular flexibility index (Phi) is 10.2. The summed E-state index contributed by atoms with van der Waals surface area (Å²) in [4.78, 5) is 2.57. The molecule has 2 N–H and O–H groups in total. The monoisotopic (exact) mass is 413 g/mol. The molecule has 0 aromatic heterocycles. The number of piperidine rings is 1. The topological polar surface area (TPSA) is 71.4 Å². The Morgan fingerprint density at radius 2 is 1.62 bits per heavy atom. The molecule has 170 valence electrons. The van der Waals surface area contributed by atoms with Crippen molar-refractivity contribution in [2.24, 2.45) is 5.92 Å². The van der Waals surface area contributed by atoms with Gasteiger partial charge >= 0.3 is 0 Å². The number of unbranched alkanes of at least 4 members (excludes halogenated alkanes) is 4. The Bertz CT molecular complexity index is 451. The van der Waals surface area contributed by atoms with Crippen molar-refractivity contribution in [2.75, 3.05) is 33.4 Å². The molecule has 29 heavy (non-hydrogen) atoms. The van der Waals surface area contributed by atoms with E-state index in [0.29, 0.717) is 18.9 Å². The van der Waals surface area contributed by atoms with Crippen molar-refractivity contribution in [3.8, 4) is 0 Å². The highest BCUT2D eigenvalue weighted by Crippen LogP contribution is 2.35. The molecule has 2 heterocycles. The molecule has 0 aromatic rings. The van der Waals surface area contributed by atoms with E-state index in [2.05, 4.69) is 11.9 Å². The van der Waals surface area contributed by atoms with Gasteiger partial charge in [0.1, 0.15) is 0 Å². The molecule has 3 aliphatic rings. The lowest BCUT2D eigenvalue weighted by Gasteiger charge is -2.44. The number of nitrogens with zero attached hydrogens (tertiary/aromatic N) is 1. The molecule has 3 rings (SSSR count). The molecule has 1 aliphatic carbocycles. The molecule has 0 aromatic carbocycles. The molecule has 6 nitrogen and oxygen atoms in total. The van der Waals surface area contributed by atoms with E-state index >= 15 is 0 Å². The Hall–Kier alpha value is -0.240. The van der Waals surface area contributed by atoms with Gasteiger partial charge in [-0.05, 0) is 64.5 Å². The molecule has 2 aliphatic heterocycles. The number of aliphatic hydroxyl groups excluding tert-OH is 2. The van der Waals surface area contributed by atoms with E-state index in [0.717, 1.165) is 38.0 Å². The zero-order chi connectivity index (χ0) is 20.5. The summed E-state index contributed by atoms with van der Waals surface area (Å²) in [6, 6.07) is 0.810. The number of fused-ring (bicyclic) bond motifs is 1. The van der Waals surface area contributed by atoms with Gasteiger partial charge in [-0.1, -0.05) is 19.3 Å². The van der Waals surface area contributed by atoms with Crippen LogP contribution in [0.3, 0.4) is 0 Å². The van der Waals surface area contributed by atoms with Gasteiger partial charge in [-0.3, -0.25) is 0 Å². The van der Waals surface area contributed by atoms with Crippen LogP contribution in [0.5, 0.6) is 0 Å². The third-order valence-corrected chi connectivity index (χ3v) is 7.09. The fourth-order valence-electron chi connectivity index (χ4n) is 5.45. The van der Waals surface area contributed by atoms with E-state index < -0.39 is 6.29 Å². The van der Waals surface area contributed by atoms with Gasteiger partial charge in [-0.25, -0.2) is 0 Å². The lowest BCUT2D eigenvalue weighted by molar-refractivity contribution is -0.205. The van der Waals surface area contributed by atoms with Crippen LogP contribution in [-0.4, -0.2) is 79.2 Å². The van der Waals surface area contributed by atoms with E-state index in [1.807, 2.05) is 0 Å². The van der Waals surface area contributed by atoms with Gasteiger partial charge in [0, 0.05) is 32.1 Å². The molecule has 0 bridgehead atoms. The second kappa shape index (κ2) is 12.6. The largest absolute Gasteiger partial charge is 0.394 e.